The van der Waals surface area contributed by atoms with Gasteiger partial charge in [0.2, 0.25) is 5.91 Å². The number of phenols is 1. The molecule has 1 saturated heterocycles. The quantitative estimate of drug-likeness (QED) is 0.582. The van der Waals surface area contributed by atoms with Gasteiger partial charge in [0.15, 0.2) is 5.82 Å². The molecule has 1 atom stereocenters. The number of aromatic hydroxyl groups is 1. The van der Waals surface area contributed by atoms with E-state index in [0.29, 0.717) is 35.6 Å². The summed E-state index contributed by atoms with van der Waals surface area (Å²) in [5.74, 6) is -0.129. The van der Waals surface area contributed by atoms with E-state index in [-0.39, 0.29) is 28.6 Å². The van der Waals surface area contributed by atoms with Crippen LogP contribution in [0.1, 0.15) is 25.8 Å². The third-order valence-electron chi connectivity index (χ3n) is 5.53. The van der Waals surface area contributed by atoms with Crippen molar-refractivity contribution in [3.8, 4) is 17.0 Å². The van der Waals surface area contributed by atoms with Crippen LogP contribution in [0.15, 0.2) is 36.7 Å². The Balaban J connectivity index is 1.69. The van der Waals surface area contributed by atoms with Crippen molar-refractivity contribution in [3.05, 3.63) is 42.2 Å². The number of hydrogen-bond acceptors (Lipinski definition) is 6. The van der Waals surface area contributed by atoms with E-state index >= 15 is 0 Å². The van der Waals surface area contributed by atoms with Gasteiger partial charge >= 0.3 is 6.18 Å². The predicted molar refractivity (Wildman–Crippen MR) is 108 cm³/mol. The number of carbonyl (C=O) groups excluding carboxylic acids is 1. The van der Waals surface area contributed by atoms with E-state index in [1.54, 1.807) is 12.3 Å². The zero-order valence-corrected chi connectivity index (χ0v) is 16.8. The predicted octanol–water partition coefficient (Wildman–Crippen LogP) is 3.74. The van der Waals surface area contributed by atoms with Crippen LogP contribution in [0.4, 0.5) is 19.0 Å². The summed E-state index contributed by atoms with van der Waals surface area (Å²) in [6.45, 7) is 4.42. The number of carbonyl (C=O) groups is 1. The molecule has 2 aromatic heterocycles. The molecular weight excluding hydrogens is 411 g/mol. The number of phenolic OH excluding ortho intramolecular Hbond substituents is 1. The van der Waals surface area contributed by atoms with E-state index in [2.05, 4.69) is 25.8 Å². The average Bonchev–Trinajstić information content (AvgIpc) is 2.96. The number of aromatic nitrogens is 3. The zero-order valence-electron chi connectivity index (χ0n) is 16.8. The maximum atomic E-state index is 12.9. The Bertz CT molecular complexity index is 1160. The number of anilines is 1. The molecule has 1 aromatic carbocycles. The highest BCUT2D eigenvalue weighted by Crippen LogP contribution is 2.38. The number of halogens is 3. The van der Waals surface area contributed by atoms with Crippen molar-refractivity contribution in [2.75, 3.05) is 11.9 Å². The summed E-state index contributed by atoms with van der Waals surface area (Å²) in [5, 5.41) is 25.8. The van der Waals surface area contributed by atoms with Crippen molar-refractivity contribution in [2.24, 2.45) is 5.41 Å². The van der Waals surface area contributed by atoms with E-state index in [4.69, 9.17) is 0 Å². The lowest BCUT2D eigenvalue weighted by atomic mass is 9.85. The molecule has 7 nitrogen and oxygen atoms in total. The molecule has 1 fully saturated rings. The molecule has 1 aliphatic heterocycles. The number of nitrogens with zero attached hydrogens (tertiary/aromatic N) is 3. The van der Waals surface area contributed by atoms with E-state index < -0.39 is 17.5 Å². The second kappa shape index (κ2) is 7.36. The smallest absolute Gasteiger partial charge is 0.416 e. The zero-order chi connectivity index (χ0) is 22.4. The van der Waals surface area contributed by atoms with Crippen LogP contribution in [-0.4, -0.2) is 38.8 Å². The van der Waals surface area contributed by atoms with Gasteiger partial charge in [-0.3, -0.25) is 9.78 Å². The minimum Gasteiger partial charge on any atom is -0.507 e. The van der Waals surface area contributed by atoms with Crippen molar-refractivity contribution >= 4 is 22.5 Å². The van der Waals surface area contributed by atoms with Crippen molar-refractivity contribution < 1.29 is 23.1 Å². The lowest BCUT2D eigenvalue weighted by molar-refractivity contribution is -0.137. The normalized spacial score (nSPS) is 18.2. The van der Waals surface area contributed by atoms with Gasteiger partial charge in [-0.25, -0.2) is 0 Å². The summed E-state index contributed by atoms with van der Waals surface area (Å²) in [6.07, 6.45) is -1.04. The van der Waals surface area contributed by atoms with Crippen molar-refractivity contribution in [2.45, 2.75) is 32.5 Å². The van der Waals surface area contributed by atoms with E-state index in [0.717, 1.165) is 6.07 Å². The number of amides is 1. The molecule has 3 aromatic rings. The molecule has 1 unspecified atom stereocenters. The fraction of sp³-hybridized carbons (Fsp3) is 0.333. The van der Waals surface area contributed by atoms with Crippen molar-refractivity contribution in [1.82, 2.24) is 20.5 Å². The largest absolute Gasteiger partial charge is 0.507 e. The molecule has 31 heavy (non-hydrogen) atoms. The van der Waals surface area contributed by atoms with E-state index in [9.17, 15) is 23.1 Å². The summed E-state index contributed by atoms with van der Waals surface area (Å²) in [4.78, 5) is 15.9. The lowest BCUT2D eigenvalue weighted by Crippen LogP contribution is -2.39. The Labute approximate surface area is 175 Å². The molecule has 3 heterocycles. The number of nitrogens with one attached hydrogen (secondary N) is 2. The van der Waals surface area contributed by atoms with Crippen LogP contribution in [0.25, 0.3) is 22.0 Å². The second-order valence-corrected chi connectivity index (χ2v) is 8.21. The van der Waals surface area contributed by atoms with Gasteiger partial charge < -0.3 is 15.7 Å². The molecule has 0 aliphatic carbocycles. The van der Waals surface area contributed by atoms with Gasteiger partial charge in [0.1, 0.15) is 11.4 Å². The van der Waals surface area contributed by atoms with Gasteiger partial charge in [-0.05, 0) is 29.7 Å². The van der Waals surface area contributed by atoms with Gasteiger partial charge in [0, 0.05) is 41.7 Å². The molecular formula is C21H20F3N5O2. The topological polar surface area (TPSA) is 100 Å². The van der Waals surface area contributed by atoms with Gasteiger partial charge in [-0.1, -0.05) is 13.8 Å². The number of benzene rings is 1. The third kappa shape index (κ3) is 3.97. The monoisotopic (exact) mass is 431 g/mol. The molecule has 3 N–H and O–H groups in total. The summed E-state index contributed by atoms with van der Waals surface area (Å²) in [7, 11) is 0. The minimum absolute atomic E-state index is 0.0115. The van der Waals surface area contributed by atoms with E-state index in [1.165, 1.54) is 12.3 Å². The van der Waals surface area contributed by atoms with Crippen LogP contribution < -0.4 is 10.6 Å². The van der Waals surface area contributed by atoms with Gasteiger partial charge in [-0.15, -0.1) is 10.2 Å². The molecule has 10 heteroatoms. The van der Waals surface area contributed by atoms with Crippen LogP contribution in [0.2, 0.25) is 0 Å². The molecule has 162 valence electrons. The van der Waals surface area contributed by atoms with Crippen LogP contribution >= 0.6 is 0 Å². The molecule has 0 saturated carbocycles. The van der Waals surface area contributed by atoms with Gasteiger partial charge in [0.05, 0.1) is 11.6 Å². The number of pyridine rings is 1. The van der Waals surface area contributed by atoms with Gasteiger partial charge in [-0.2, -0.15) is 13.2 Å². The summed E-state index contributed by atoms with van der Waals surface area (Å²) >= 11 is 0. The lowest BCUT2D eigenvalue weighted by Gasteiger charge is -2.26. The highest BCUT2D eigenvalue weighted by molar-refractivity contribution is 6.00. The molecule has 0 bridgehead atoms. The van der Waals surface area contributed by atoms with Crippen molar-refractivity contribution in [1.29, 1.82) is 0 Å². The Morgan fingerprint density at radius 2 is 2.00 bits per heavy atom. The van der Waals surface area contributed by atoms with Gasteiger partial charge in [0.25, 0.3) is 0 Å². The number of alkyl halides is 3. The van der Waals surface area contributed by atoms with E-state index in [1.807, 2.05) is 13.8 Å². The van der Waals surface area contributed by atoms with Crippen LogP contribution in [-0.2, 0) is 11.0 Å². The average molecular weight is 431 g/mol. The van der Waals surface area contributed by atoms with Crippen LogP contribution in [0, 0.1) is 5.41 Å². The molecule has 1 aliphatic rings. The third-order valence-corrected chi connectivity index (χ3v) is 5.53. The highest BCUT2D eigenvalue weighted by Gasteiger charge is 2.39. The first-order chi connectivity index (χ1) is 14.6. The first kappa shape index (κ1) is 20.8. The fourth-order valence-corrected chi connectivity index (χ4v) is 3.74. The Morgan fingerprint density at radius 3 is 2.65 bits per heavy atom. The number of rotatable bonds is 4. The maximum absolute atomic E-state index is 12.9. The maximum Gasteiger partial charge on any atom is 0.416 e. The Kier molecular flexibility index (Phi) is 4.95. The number of hydrogen-bond donors (Lipinski definition) is 3. The molecule has 0 radical (unpaired) electrons. The summed E-state index contributed by atoms with van der Waals surface area (Å²) in [5.41, 5.74) is -0.805. The Morgan fingerprint density at radius 1 is 1.23 bits per heavy atom. The minimum atomic E-state index is -4.56. The van der Waals surface area contributed by atoms with Crippen LogP contribution in [0.3, 0.4) is 0 Å². The highest BCUT2D eigenvalue weighted by atomic mass is 19.4. The summed E-state index contributed by atoms with van der Waals surface area (Å²) < 4.78 is 38.8. The molecule has 1 amide bonds. The second-order valence-electron chi connectivity index (χ2n) is 8.21. The van der Waals surface area contributed by atoms with Crippen molar-refractivity contribution in [3.63, 3.8) is 0 Å². The first-order valence-corrected chi connectivity index (χ1v) is 9.60. The standard InChI is InChI=1S/C21H20F3N5O2/c1-20(2)8-17(31)27-16(20)10-26-19-14-9-25-6-5-12(14)18(28-29-19)13-4-3-11(7-15(13)30)21(22,23)24/h3-7,9,16,30H,8,10H2,1-2H3,(H,26,29)(H,27,31). The molecule has 0 spiro atoms. The SMILES string of the molecule is CC1(C)CC(=O)NC1CNc1nnc(-c2ccc(C(F)(F)F)cc2O)c2ccncc12. The summed E-state index contributed by atoms with van der Waals surface area (Å²) in [6, 6.07) is 4.28. The Hall–Kier alpha value is -3.43. The fourth-order valence-electron chi connectivity index (χ4n) is 3.74. The first-order valence-electron chi connectivity index (χ1n) is 9.60. The number of fused-ring (bicyclic) bond motifs is 1. The molecule has 4 rings (SSSR count). The van der Waals surface area contributed by atoms with Crippen LogP contribution in [0.5, 0.6) is 5.75 Å².